The number of fused-ring (bicyclic) bond motifs is 2. The molecule has 1 aromatic carbocycles. The second kappa shape index (κ2) is 13.4. The molecule has 0 radical (unpaired) electrons. The molecule has 2 heterocycles. The minimum Gasteiger partial charge on any atom is -0.465 e. The quantitative estimate of drug-likeness (QED) is 0.201. The number of nitro groups is 1. The van der Waals surface area contributed by atoms with Crippen molar-refractivity contribution in [2.45, 2.75) is 39.7 Å². The second-order valence-corrected chi connectivity index (χ2v) is 12.4. The molecule has 218 valence electrons. The maximum Gasteiger partial charge on any atom is 0.341 e. The first-order valence-electron chi connectivity index (χ1n) is 12.7. The third-order valence-corrected chi connectivity index (χ3v) is 9.43. The summed E-state index contributed by atoms with van der Waals surface area (Å²) in [6, 6.07) is 4.17. The van der Waals surface area contributed by atoms with Crippen molar-refractivity contribution in [1.82, 2.24) is 4.57 Å². The van der Waals surface area contributed by atoms with Gasteiger partial charge >= 0.3 is 11.9 Å². The number of thioether (sulfide) groups is 1. The molecular weight excluding hydrogens is 593 g/mol. The Morgan fingerprint density at radius 1 is 1.24 bits per heavy atom. The number of hydrogen-bond acceptors (Lipinski definition) is 11. The number of aromatic nitrogens is 1. The van der Waals surface area contributed by atoms with Crippen molar-refractivity contribution in [2.75, 3.05) is 30.5 Å². The number of nitro benzene ring substituents is 1. The van der Waals surface area contributed by atoms with Crippen LogP contribution in [0.4, 0.5) is 10.7 Å². The van der Waals surface area contributed by atoms with Crippen molar-refractivity contribution in [1.29, 1.82) is 0 Å². The van der Waals surface area contributed by atoms with Gasteiger partial charge in [-0.25, -0.2) is 4.79 Å². The van der Waals surface area contributed by atoms with Crippen LogP contribution in [0.1, 0.15) is 41.1 Å². The Morgan fingerprint density at radius 3 is 2.73 bits per heavy atom. The summed E-state index contributed by atoms with van der Waals surface area (Å²) in [6.07, 6.45) is 2.55. The first kappa shape index (κ1) is 30.4. The fourth-order valence-corrected chi connectivity index (χ4v) is 7.53. The maximum atomic E-state index is 12.7. The average Bonchev–Trinajstić information content (AvgIpc) is 3.44. The Morgan fingerprint density at radius 2 is 2.02 bits per heavy atom. The number of benzene rings is 1. The number of thiophene rings is 1. The molecule has 0 saturated heterocycles. The molecule has 0 bridgehead atoms. The van der Waals surface area contributed by atoms with Gasteiger partial charge in [0.15, 0.2) is 4.80 Å². The summed E-state index contributed by atoms with van der Waals surface area (Å²) < 4.78 is 11.9. The fraction of sp³-hybridized carbons (Fsp3) is 0.423. The number of nitrogens with zero attached hydrogens (tertiary/aromatic N) is 3. The standard InChI is InChI=1S/C26H28N4O8S3/c1-4-38-22(33)11-29-17-8-6-15(30(35)36)10-19(17)41-26(29)28-21(32)13-39-12-20(31)27-24-23(25(34)37-3)16-7-5-14(2)9-18(16)40-24/h6,8,10,14H,4-5,7,9,11-13H2,1-3H3,(H,27,31). The summed E-state index contributed by atoms with van der Waals surface area (Å²) >= 11 is 3.47. The highest BCUT2D eigenvalue weighted by molar-refractivity contribution is 8.00. The van der Waals surface area contributed by atoms with Crippen LogP contribution in [0, 0.1) is 16.0 Å². The molecule has 1 unspecified atom stereocenters. The molecule has 4 rings (SSSR count). The van der Waals surface area contributed by atoms with Crippen molar-refractivity contribution in [3.05, 3.63) is 49.1 Å². The number of nitrogens with one attached hydrogen (secondary N) is 1. The summed E-state index contributed by atoms with van der Waals surface area (Å²) in [5.74, 6) is -1.62. The highest BCUT2D eigenvalue weighted by atomic mass is 32.2. The molecule has 1 N–H and O–H groups in total. The first-order chi connectivity index (χ1) is 19.6. The van der Waals surface area contributed by atoms with Gasteiger partial charge in [0, 0.05) is 17.0 Å². The number of amides is 2. The predicted octanol–water partition coefficient (Wildman–Crippen LogP) is 3.95. The van der Waals surface area contributed by atoms with E-state index in [0.717, 1.165) is 52.8 Å². The van der Waals surface area contributed by atoms with E-state index in [-0.39, 0.29) is 41.1 Å². The van der Waals surface area contributed by atoms with E-state index in [2.05, 4.69) is 17.2 Å². The molecule has 0 aliphatic heterocycles. The molecular formula is C26H28N4O8S3. The van der Waals surface area contributed by atoms with Crippen molar-refractivity contribution in [2.24, 2.45) is 10.9 Å². The normalized spacial score (nSPS) is 14.9. The highest BCUT2D eigenvalue weighted by Gasteiger charge is 2.29. The van der Waals surface area contributed by atoms with Gasteiger partial charge in [-0.05, 0) is 43.7 Å². The molecule has 0 saturated carbocycles. The SMILES string of the molecule is CCOC(=O)Cn1c(=NC(=O)CSCC(=O)Nc2sc3c(c2C(=O)OC)CCC(C)C3)sc2cc([N+](=O)[O-])ccc21. The van der Waals surface area contributed by atoms with Crippen LogP contribution in [0.5, 0.6) is 0 Å². The number of rotatable bonds is 10. The van der Waals surface area contributed by atoms with Crippen LogP contribution in [0.25, 0.3) is 10.2 Å². The minimum atomic E-state index is -0.544. The summed E-state index contributed by atoms with van der Waals surface area (Å²) in [5.41, 5.74) is 1.71. The van der Waals surface area contributed by atoms with Crippen molar-refractivity contribution >= 4 is 79.1 Å². The number of ether oxygens (including phenoxy) is 2. The number of anilines is 1. The Hall–Kier alpha value is -3.56. The van der Waals surface area contributed by atoms with Gasteiger partial charge in [0.25, 0.3) is 11.6 Å². The van der Waals surface area contributed by atoms with Gasteiger partial charge in [0.05, 0.1) is 45.9 Å². The molecule has 3 aromatic rings. The Balaban J connectivity index is 1.46. The van der Waals surface area contributed by atoms with Crippen molar-refractivity contribution in [3.8, 4) is 0 Å². The molecule has 1 atom stereocenters. The van der Waals surface area contributed by atoms with Crippen LogP contribution in [0.2, 0.25) is 0 Å². The molecule has 2 aromatic heterocycles. The lowest BCUT2D eigenvalue weighted by Gasteiger charge is -2.18. The van der Waals surface area contributed by atoms with Gasteiger partial charge in [0.1, 0.15) is 11.5 Å². The Labute approximate surface area is 246 Å². The number of non-ortho nitro benzene ring substituents is 1. The first-order valence-corrected chi connectivity index (χ1v) is 15.5. The van der Waals surface area contributed by atoms with E-state index in [1.807, 2.05) is 0 Å². The Kier molecular flexibility index (Phi) is 9.94. The van der Waals surface area contributed by atoms with E-state index >= 15 is 0 Å². The molecule has 0 spiro atoms. The Bertz CT molecular complexity index is 1590. The van der Waals surface area contributed by atoms with Crippen LogP contribution in [0.15, 0.2) is 23.2 Å². The predicted molar refractivity (Wildman–Crippen MR) is 156 cm³/mol. The number of carbonyl (C=O) groups excluding carboxylic acids is 4. The van der Waals surface area contributed by atoms with Gasteiger partial charge in [-0.1, -0.05) is 18.3 Å². The number of esters is 2. The summed E-state index contributed by atoms with van der Waals surface area (Å²) in [6.45, 7) is 3.77. The third-order valence-electron chi connectivity index (χ3n) is 6.30. The van der Waals surface area contributed by atoms with Crippen LogP contribution in [0.3, 0.4) is 0 Å². The second-order valence-electron chi connectivity index (χ2n) is 9.28. The van der Waals surface area contributed by atoms with Crippen LogP contribution < -0.4 is 10.1 Å². The summed E-state index contributed by atoms with van der Waals surface area (Å²) in [7, 11) is 1.31. The van der Waals surface area contributed by atoms with Crippen LogP contribution in [-0.2, 0) is 43.2 Å². The lowest BCUT2D eigenvalue weighted by molar-refractivity contribution is -0.384. The van der Waals surface area contributed by atoms with E-state index < -0.39 is 22.8 Å². The molecule has 15 heteroatoms. The molecule has 12 nitrogen and oxygen atoms in total. The monoisotopic (exact) mass is 620 g/mol. The third kappa shape index (κ3) is 7.21. The largest absolute Gasteiger partial charge is 0.465 e. The van der Waals surface area contributed by atoms with Gasteiger partial charge in [-0.3, -0.25) is 24.5 Å². The van der Waals surface area contributed by atoms with Crippen LogP contribution >= 0.6 is 34.4 Å². The van der Waals surface area contributed by atoms with Gasteiger partial charge in [-0.15, -0.1) is 23.1 Å². The van der Waals surface area contributed by atoms with Crippen molar-refractivity contribution < 1.29 is 33.6 Å². The van der Waals surface area contributed by atoms with E-state index in [1.165, 1.54) is 41.2 Å². The van der Waals surface area contributed by atoms with E-state index in [1.54, 1.807) is 6.92 Å². The lowest BCUT2D eigenvalue weighted by Crippen LogP contribution is -2.23. The van der Waals surface area contributed by atoms with Gasteiger partial charge < -0.3 is 19.4 Å². The minimum absolute atomic E-state index is 0.0533. The van der Waals surface area contributed by atoms with Crippen molar-refractivity contribution in [3.63, 3.8) is 0 Å². The van der Waals surface area contributed by atoms with Gasteiger partial charge in [-0.2, -0.15) is 4.99 Å². The maximum absolute atomic E-state index is 12.7. The fourth-order valence-electron chi connectivity index (χ4n) is 4.44. The number of methoxy groups -OCH3 is 1. The molecule has 41 heavy (non-hydrogen) atoms. The number of thiazole rings is 1. The molecule has 2 amide bonds. The topological polar surface area (TPSA) is 159 Å². The smallest absolute Gasteiger partial charge is 0.341 e. The highest BCUT2D eigenvalue weighted by Crippen LogP contribution is 2.40. The average molecular weight is 621 g/mol. The zero-order valence-corrected chi connectivity index (χ0v) is 25.0. The van der Waals surface area contributed by atoms with E-state index in [4.69, 9.17) is 9.47 Å². The zero-order valence-electron chi connectivity index (χ0n) is 22.6. The van der Waals surface area contributed by atoms with Crippen LogP contribution in [-0.4, -0.2) is 58.5 Å². The van der Waals surface area contributed by atoms with E-state index in [9.17, 15) is 29.3 Å². The number of carbonyl (C=O) groups is 4. The lowest BCUT2D eigenvalue weighted by atomic mass is 9.88. The molecule has 1 aliphatic rings. The summed E-state index contributed by atoms with van der Waals surface area (Å²) in [4.78, 5) is 66.1. The van der Waals surface area contributed by atoms with Gasteiger partial charge in [0.2, 0.25) is 5.91 Å². The summed E-state index contributed by atoms with van der Waals surface area (Å²) in [5, 5.41) is 14.5. The molecule has 0 fully saturated rings. The molecule has 1 aliphatic carbocycles. The number of hydrogen-bond donors (Lipinski definition) is 1. The zero-order chi connectivity index (χ0) is 29.7. The van der Waals surface area contributed by atoms with E-state index in [0.29, 0.717) is 26.7 Å².